The molecular weight excluding hydrogens is 330 g/mol. The third kappa shape index (κ3) is 5.30. The first-order valence-corrected chi connectivity index (χ1v) is 9.31. The Morgan fingerprint density at radius 1 is 1.31 bits per heavy atom. The topological polar surface area (TPSA) is 70.5 Å². The van der Waals surface area contributed by atoms with E-state index in [0.29, 0.717) is 38.2 Å². The zero-order valence-electron chi connectivity index (χ0n) is 17.0. The van der Waals surface area contributed by atoms with Gasteiger partial charge >= 0.3 is 0 Å². The van der Waals surface area contributed by atoms with Crippen molar-refractivity contribution in [1.29, 1.82) is 0 Å². The van der Waals surface area contributed by atoms with Gasteiger partial charge in [-0.1, -0.05) is 13.8 Å². The average molecular weight is 364 g/mol. The van der Waals surface area contributed by atoms with E-state index in [-0.39, 0.29) is 23.1 Å². The van der Waals surface area contributed by atoms with Gasteiger partial charge in [0.25, 0.3) is 5.91 Å². The van der Waals surface area contributed by atoms with E-state index in [4.69, 9.17) is 0 Å². The Morgan fingerprint density at radius 2 is 1.92 bits per heavy atom. The standard InChI is InChI=1S/C19H33N5O2/c1-14-11-16(23(6)21-14)18(26)24-9-7-15(8-10-24)17(25)20-12-19(2,3)13-22(4)5/h11,15H,7-10,12-13H2,1-6H3,(H,20,25). The number of carbonyl (C=O) groups is 2. The van der Waals surface area contributed by atoms with Gasteiger partial charge in [-0.2, -0.15) is 5.10 Å². The molecule has 1 fully saturated rings. The SMILES string of the molecule is Cc1cc(C(=O)N2CCC(C(=O)NCC(C)(C)CN(C)C)CC2)n(C)n1. The maximum atomic E-state index is 12.6. The maximum absolute atomic E-state index is 12.6. The van der Waals surface area contributed by atoms with Gasteiger partial charge < -0.3 is 15.1 Å². The highest BCUT2D eigenvalue weighted by Gasteiger charge is 2.30. The molecule has 0 unspecified atom stereocenters. The Bertz CT molecular complexity index is 642. The molecule has 2 rings (SSSR count). The number of nitrogens with one attached hydrogen (secondary N) is 1. The van der Waals surface area contributed by atoms with Crippen LogP contribution in [0.5, 0.6) is 0 Å². The molecule has 0 atom stereocenters. The van der Waals surface area contributed by atoms with E-state index in [9.17, 15) is 9.59 Å². The van der Waals surface area contributed by atoms with Crippen LogP contribution in [0.1, 0.15) is 42.9 Å². The second kappa shape index (κ2) is 8.20. The molecule has 0 aromatic carbocycles. The fourth-order valence-corrected chi connectivity index (χ4v) is 3.70. The lowest BCUT2D eigenvalue weighted by Crippen LogP contribution is -2.46. The Hall–Kier alpha value is -1.89. The van der Waals surface area contributed by atoms with Crippen LogP contribution in [-0.4, -0.2) is 71.7 Å². The molecule has 1 saturated heterocycles. The number of carbonyl (C=O) groups excluding carboxylic acids is 2. The summed E-state index contributed by atoms with van der Waals surface area (Å²) in [4.78, 5) is 29.1. The molecule has 2 amide bonds. The van der Waals surface area contributed by atoms with E-state index in [0.717, 1.165) is 12.2 Å². The Kier molecular flexibility index (Phi) is 6.44. The molecule has 26 heavy (non-hydrogen) atoms. The van der Waals surface area contributed by atoms with Crippen LogP contribution in [0.4, 0.5) is 0 Å². The first-order valence-electron chi connectivity index (χ1n) is 9.31. The van der Waals surface area contributed by atoms with Crippen molar-refractivity contribution < 1.29 is 9.59 Å². The van der Waals surface area contributed by atoms with Gasteiger partial charge in [0, 0.05) is 39.1 Å². The van der Waals surface area contributed by atoms with Gasteiger partial charge in [0.2, 0.25) is 5.91 Å². The molecule has 0 bridgehead atoms. The summed E-state index contributed by atoms with van der Waals surface area (Å²) in [5.74, 6) is 0.0989. The summed E-state index contributed by atoms with van der Waals surface area (Å²) in [5.41, 5.74) is 1.48. The number of aryl methyl sites for hydroxylation is 2. The second-order valence-electron chi connectivity index (χ2n) is 8.48. The van der Waals surface area contributed by atoms with Crippen molar-refractivity contribution in [3.63, 3.8) is 0 Å². The van der Waals surface area contributed by atoms with E-state index in [1.165, 1.54) is 0 Å². The molecule has 1 aliphatic heterocycles. The quantitative estimate of drug-likeness (QED) is 0.827. The van der Waals surface area contributed by atoms with Crippen LogP contribution in [0.25, 0.3) is 0 Å². The third-order valence-electron chi connectivity index (χ3n) is 4.86. The molecule has 146 valence electrons. The minimum absolute atomic E-state index is 0.000857. The fraction of sp³-hybridized carbons (Fsp3) is 0.737. The number of hydrogen-bond acceptors (Lipinski definition) is 4. The van der Waals surface area contributed by atoms with Crippen molar-refractivity contribution in [3.8, 4) is 0 Å². The summed E-state index contributed by atoms with van der Waals surface area (Å²) >= 11 is 0. The van der Waals surface area contributed by atoms with Crippen LogP contribution in [0.15, 0.2) is 6.07 Å². The largest absolute Gasteiger partial charge is 0.355 e. The summed E-state index contributed by atoms with van der Waals surface area (Å²) < 4.78 is 1.63. The van der Waals surface area contributed by atoms with Gasteiger partial charge in [-0.15, -0.1) is 0 Å². The number of amides is 2. The van der Waals surface area contributed by atoms with Crippen molar-refractivity contribution >= 4 is 11.8 Å². The highest BCUT2D eigenvalue weighted by atomic mass is 16.2. The first-order chi connectivity index (χ1) is 12.1. The Labute approximate surface area is 156 Å². The molecule has 1 N–H and O–H groups in total. The van der Waals surface area contributed by atoms with Crippen LogP contribution in [0, 0.1) is 18.3 Å². The summed E-state index contributed by atoms with van der Waals surface area (Å²) in [7, 11) is 5.87. The smallest absolute Gasteiger partial charge is 0.272 e. The second-order valence-corrected chi connectivity index (χ2v) is 8.48. The highest BCUT2D eigenvalue weighted by molar-refractivity contribution is 5.93. The van der Waals surface area contributed by atoms with Crippen molar-refractivity contribution in [1.82, 2.24) is 24.9 Å². The van der Waals surface area contributed by atoms with Gasteiger partial charge in [-0.05, 0) is 45.3 Å². The van der Waals surface area contributed by atoms with Gasteiger partial charge in [0.15, 0.2) is 0 Å². The van der Waals surface area contributed by atoms with Crippen molar-refractivity contribution in [2.45, 2.75) is 33.6 Å². The number of rotatable bonds is 6. The monoisotopic (exact) mass is 363 g/mol. The summed E-state index contributed by atoms with van der Waals surface area (Å²) in [6, 6.07) is 1.81. The van der Waals surface area contributed by atoms with Crippen LogP contribution >= 0.6 is 0 Å². The molecular formula is C19H33N5O2. The zero-order valence-corrected chi connectivity index (χ0v) is 17.0. The highest BCUT2D eigenvalue weighted by Crippen LogP contribution is 2.21. The molecule has 0 saturated carbocycles. The van der Waals surface area contributed by atoms with E-state index >= 15 is 0 Å². The number of likely N-dealkylation sites (tertiary alicyclic amines) is 1. The van der Waals surface area contributed by atoms with Gasteiger partial charge in [0.1, 0.15) is 5.69 Å². The lowest BCUT2D eigenvalue weighted by Gasteiger charge is -2.33. The summed E-state index contributed by atoms with van der Waals surface area (Å²) in [5, 5.41) is 7.34. The van der Waals surface area contributed by atoms with Crippen molar-refractivity contribution in [3.05, 3.63) is 17.5 Å². The third-order valence-corrected chi connectivity index (χ3v) is 4.86. The lowest BCUT2D eigenvalue weighted by atomic mass is 9.91. The van der Waals surface area contributed by atoms with Crippen molar-refractivity contribution in [2.24, 2.45) is 18.4 Å². The van der Waals surface area contributed by atoms with Gasteiger partial charge in [-0.3, -0.25) is 14.3 Å². The molecule has 7 heteroatoms. The van der Waals surface area contributed by atoms with Crippen molar-refractivity contribution in [2.75, 3.05) is 40.3 Å². The molecule has 0 aliphatic carbocycles. The first kappa shape index (κ1) is 20.4. The number of nitrogens with zero attached hydrogens (tertiary/aromatic N) is 4. The molecule has 0 radical (unpaired) electrons. The minimum Gasteiger partial charge on any atom is -0.355 e. The molecule has 1 aliphatic rings. The minimum atomic E-state index is -0.0116. The van der Waals surface area contributed by atoms with Gasteiger partial charge in [-0.25, -0.2) is 0 Å². The number of hydrogen-bond donors (Lipinski definition) is 1. The van der Waals surface area contributed by atoms with Crippen LogP contribution in [-0.2, 0) is 11.8 Å². The molecule has 0 spiro atoms. The lowest BCUT2D eigenvalue weighted by molar-refractivity contribution is -0.126. The summed E-state index contributed by atoms with van der Waals surface area (Å²) in [6.07, 6.45) is 1.42. The summed E-state index contributed by atoms with van der Waals surface area (Å²) in [6.45, 7) is 9.01. The van der Waals surface area contributed by atoms with Crippen LogP contribution in [0.2, 0.25) is 0 Å². The predicted molar refractivity (Wildman–Crippen MR) is 102 cm³/mol. The van der Waals surface area contributed by atoms with E-state index in [2.05, 4.69) is 29.2 Å². The van der Waals surface area contributed by atoms with Crippen LogP contribution < -0.4 is 5.32 Å². The molecule has 1 aromatic rings. The fourth-order valence-electron chi connectivity index (χ4n) is 3.70. The molecule has 2 heterocycles. The van der Waals surface area contributed by atoms with E-state index < -0.39 is 0 Å². The van der Waals surface area contributed by atoms with E-state index in [1.54, 1.807) is 11.7 Å². The van der Waals surface area contributed by atoms with Crippen LogP contribution in [0.3, 0.4) is 0 Å². The average Bonchev–Trinajstić information content (AvgIpc) is 2.89. The predicted octanol–water partition coefficient (Wildman–Crippen LogP) is 1.28. The molecule has 1 aromatic heterocycles. The number of aromatic nitrogens is 2. The normalized spacial score (nSPS) is 16.2. The van der Waals surface area contributed by atoms with E-state index in [1.807, 2.05) is 32.0 Å². The molecule has 7 nitrogen and oxygen atoms in total. The van der Waals surface area contributed by atoms with Gasteiger partial charge in [0.05, 0.1) is 5.69 Å². The zero-order chi connectivity index (χ0) is 19.5. The number of piperidine rings is 1. The maximum Gasteiger partial charge on any atom is 0.272 e. The Morgan fingerprint density at radius 3 is 2.42 bits per heavy atom. The Balaban J connectivity index is 1.83.